The van der Waals surface area contributed by atoms with Gasteiger partial charge in [0.25, 0.3) is 0 Å². The van der Waals surface area contributed by atoms with E-state index in [0.29, 0.717) is 5.02 Å². The van der Waals surface area contributed by atoms with E-state index in [2.05, 4.69) is 0 Å². The van der Waals surface area contributed by atoms with Crippen LogP contribution < -0.4 is 0 Å². The molecule has 33 heavy (non-hydrogen) atoms. The van der Waals surface area contributed by atoms with Gasteiger partial charge in [0, 0.05) is 5.02 Å². The van der Waals surface area contributed by atoms with Crippen LogP contribution in [-0.2, 0) is 25.8 Å². The summed E-state index contributed by atoms with van der Waals surface area (Å²) in [5.74, 6) is -0.335. The van der Waals surface area contributed by atoms with Crippen molar-refractivity contribution in [3.63, 3.8) is 0 Å². The fraction of sp³-hybridized carbons (Fsp3) is 0.115. The van der Waals surface area contributed by atoms with E-state index in [1.54, 1.807) is 48.5 Å². The molecule has 0 unspecified atom stereocenters. The summed E-state index contributed by atoms with van der Waals surface area (Å²) in [5.41, 5.74) is 3.43. The molecule has 0 aromatic heterocycles. The molecule has 4 aromatic carbocycles. The Morgan fingerprint density at radius 3 is 2.30 bits per heavy atom. The van der Waals surface area contributed by atoms with Crippen molar-refractivity contribution in [3.05, 3.63) is 94.0 Å². The lowest BCUT2D eigenvalue weighted by atomic mass is 9.89. The largest absolute Gasteiger partial charge is 0.469 e. The van der Waals surface area contributed by atoms with Gasteiger partial charge in [0.05, 0.1) is 28.3 Å². The molecule has 0 spiro atoms. The summed E-state index contributed by atoms with van der Waals surface area (Å²) in [5, 5.41) is 2.59. The Kier molecular flexibility index (Phi) is 6.48. The van der Waals surface area contributed by atoms with Crippen LogP contribution in [0.2, 0.25) is 10.0 Å². The van der Waals surface area contributed by atoms with Crippen LogP contribution in [0.15, 0.2) is 82.6 Å². The fourth-order valence-electron chi connectivity index (χ4n) is 3.90. The highest BCUT2D eigenvalue weighted by Crippen LogP contribution is 2.37. The third-order valence-corrected chi connectivity index (χ3v) is 8.12. The number of carbonyl (C=O) groups is 1. The molecule has 0 atom stereocenters. The zero-order chi connectivity index (χ0) is 23.8. The summed E-state index contributed by atoms with van der Waals surface area (Å²) in [6, 6.07) is 20.5. The van der Waals surface area contributed by atoms with E-state index in [-0.39, 0.29) is 27.2 Å². The van der Waals surface area contributed by atoms with Gasteiger partial charge in [0.1, 0.15) is 0 Å². The van der Waals surface area contributed by atoms with Crippen LogP contribution in [0.25, 0.3) is 21.9 Å². The van der Waals surface area contributed by atoms with E-state index in [0.717, 1.165) is 33.0 Å². The van der Waals surface area contributed by atoms with Gasteiger partial charge in [-0.2, -0.15) is 0 Å². The molecule has 0 bridgehead atoms. The maximum Gasteiger partial charge on any atom is 0.309 e. The van der Waals surface area contributed by atoms with Crippen LogP contribution in [0, 0.1) is 6.92 Å². The molecule has 0 amide bonds. The third-order valence-electron chi connectivity index (χ3n) is 5.61. The summed E-state index contributed by atoms with van der Waals surface area (Å²) in [6.07, 6.45) is 0.132. The van der Waals surface area contributed by atoms with E-state index in [1.165, 1.54) is 13.2 Å². The molecule has 4 aromatic rings. The molecule has 0 fully saturated rings. The zero-order valence-corrected chi connectivity index (χ0v) is 20.3. The highest BCUT2D eigenvalue weighted by atomic mass is 35.5. The molecular formula is C26H20Cl2O4S. The van der Waals surface area contributed by atoms with Crippen molar-refractivity contribution in [2.24, 2.45) is 0 Å². The second-order valence-electron chi connectivity index (χ2n) is 7.61. The minimum atomic E-state index is -3.77. The maximum atomic E-state index is 13.1. The number of hydrogen-bond donors (Lipinski definition) is 0. The Balaban J connectivity index is 1.87. The van der Waals surface area contributed by atoms with Gasteiger partial charge < -0.3 is 4.74 Å². The van der Waals surface area contributed by atoms with E-state index < -0.39 is 9.84 Å². The van der Waals surface area contributed by atoms with Gasteiger partial charge in [-0.15, -0.1) is 0 Å². The molecule has 0 saturated heterocycles. The van der Waals surface area contributed by atoms with Crippen molar-refractivity contribution in [2.45, 2.75) is 23.1 Å². The van der Waals surface area contributed by atoms with Crippen molar-refractivity contribution in [2.75, 3.05) is 7.11 Å². The van der Waals surface area contributed by atoms with Gasteiger partial charge in [-0.1, -0.05) is 59.6 Å². The fourth-order valence-corrected chi connectivity index (χ4v) is 5.85. The molecule has 0 N–H and O–H groups in total. The first-order valence-corrected chi connectivity index (χ1v) is 12.3. The predicted molar refractivity (Wildman–Crippen MR) is 132 cm³/mol. The number of methoxy groups -OCH3 is 1. The van der Waals surface area contributed by atoms with Gasteiger partial charge in [0.15, 0.2) is 0 Å². The number of ether oxygens (including phenoxy) is 1. The minimum Gasteiger partial charge on any atom is -0.469 e. The second kappa shape index (κ2) is 9.18. The topological polar surface area (TPSA) is 60.4 Å². The minimum absolute atomic E-state index is 0.0629. The third kappa shape index (κ3) is 4.49. The van der Waals surface area contributed by atoms with E-state index in [9.17, 15) is 13.2 Å². The second-order valence-corrected chi connectivity index (χ2v) is 10.4. The highest BCUT2D eigenvalue weighted by molar-refractivity contribution is 7.91. The van der Waals surface area contributed by atoms with Crippen LogP contribution in [0.1, 0.15) is 11.1 Å². The summed E-state index contributed by atoms with van der Waals surface area (Å²) in [6.45, 7) is 1.93. The summed E-state index contributed by atoms with van der Waals surface area (Å²) in [7, 11) is -2.41. The molecule has 0 aliphatic rings. The molecular weight excluding hydrogens is 479 g/mol. The first-order valence-electron chi connectivity index (χ1n) is 10.1. The van der Waals surface area contributed by atoms with Crippen molar-refractivity contribution < 1.29 is 17.9 Å². The molecule has 7 heteroatoms. The molecule has 0 aliphatic carbocycles. The average Bonchev–Trinajstić information content (AvgIpc) is 2.80. The Labute approximate surface area is 202 Å². The monoisotopic (exact) mass is 498 g/mol. The number of rotatable bonds is 5. The maximum absolute atomic E-state index is 13.1. The molecule has 4 nitrogen and oxygen atoms in total. The standard InChI is InChI=1S/C26H20Cl2O4S/c1-16-19(14-25(29)32-2)13-18-7-10-20(27)15-22(18)26(16)17-8-11-21(12-9-17)33(30,31)24-6-4-3-5-23(24)28/h3-13,15H,14H2,1-2H3. The number of sulfone groups is 1. The lowest BCUT2D eigenvalue weighted by Crippen LogP contribution is -2.07. The molecule has 0 heterocycles. The average molecular weight is 499 g/mol. The highest BCUT2D eigenvalue weighted by Gasteiger charge is 2.21. The van der Waals surface area contributed by atoms with Gasteiger partial charge in [-0.05, 0) is 76.3 Å². The van der Waals surface area contributed by atoms with Gasteiger partial charge in [-0.25, -0.2) is 8.42 Å². The molecule has 0 radical (unpaired) electrons. The smallest absolute Gasteiger partial charge is 0.309 e. The van der Waals surface area contributed by atoms with Crippen LogP contribution in [0.5, 0.6) is 0 Å². The number of esters is 1. The summed E-state index contributed by atoms with van der Waals surface area (Å²) in [4.78, 5) is 12.2. The normalized spacial score (nSPS) is 11.5. The Morgan fingerprint density at radius 1 is 0.939 bits per heavy atom. The lowest BCUT2D eigenvalue weighted by molar-refractivity contribution is -0.139. The van der Waals surface area contributed by atoms with Crippen LogP contribution in [0.3, 0.4) is 0 Å². The van der Waals surface area contributed by atoms with Crippen LogP contribution in [0.4, 0.5) is 0 Å². The van der Waals surface area contributed by atoms with Crippen molar-refractivity contribution in [3.8, 4) is 11.1 Å². The van der Waals surface area contributed by atoms with Crippen molar-refractivity contribution >= 4 is 49.8 Å². The summed E-state index contributed by atoms with van der Waals surface area (Å²) >= 11 is 12.4. The van der Waals surface area contributed by atoms with Crippen LogP contribution in [-0.4, -0.2) is 21.5 Å². The van der Waals surface area contributed by atoms with Gasteiger partial charge in [0.2, 0.25) is 9.84 Å². The SMILES string of the molecule is COC(=O)Cc1cc2ccc(Cl)cc2c(-c2ccc(S(=O)(=O)c3ccccc3Cl)cc2)c1C. The number of hydrogen-bond acceptors (Lipinski definition) is 4. The first kappa shape index (κ1) is 23.3. The first-order chi connectivity index (χ1) is 15.7. The quantitative estimate of drug-likeness (QED) is 0.288. The van der Waals surface area contributed by atoms with E-state index >= 15 is 0 Å². The Hall–Kier alpha value is -2.86. The van der Waals surface area contributed by atoms with Gasteiger partial charge >= 0.3 is 5.97 Å². The molecule has 4 rings (SSSR count). The summed E-state index contributed by atoms with van der Waals surface area (Å²) < 4.78 is 31.0. The predicted octanol–water partition coefficient (Wildman–Crippen LogP) is 6.67. The number of carbonyl (C=O) groups excluding carboxylic acids is 1. The van der Waals surface area contributed by atoms with Crippen LogP contribution >= 0.6 is 23.2 Å². The number of halogens is 2. The van der Waals surface area contributed by atoms with Crippen molar-refractivity contribution in [1.29, 1.82) is 0 Å². The lowest BCUT2D eigenvalue weighted by Gasteiger charge is -2.16. The molecule has 0 aliphatic heterocycles. The molecule has 168 valence electrons. The van der Waals surface area contributed by atoms with Crippen molar-refractivity contribution in [1.82, 2.24) is 0 Å². The number of benzene rings is 4. The van der Waals surface area contributed by atoms with E-state index in [1.807, 2.05) is 25.1 Å². The Bertz CT molecular complexity index is 1480. The number of fused-ring (bicyclic) bond motifs is 1. The molecule has 0 saturated carbocycles. The Morgan fingerprint density at radius 2 is 1.64 bits per heavy atom. The van der Waals surface area contributed by atoms with Gasteiger partial charge in [-0.3, -0.25) is 4.79 Å². The zero-order valence-electron chi connectivity index (χ0n) is 17.9. The van der Waals surface area contributed by atoms with E-state index in [4.69, 9.17) is 27.9 Å².